The molecule has 232 valence electrons. The van der Waals surface area contributed by atoms with E-state index in [1.54, 1.807) is 0 Å². The highest BCUT2D eigenvalue weighted by molar-refractivity contribution is 6.69. The maximum Gasteiger partial charge on any atom is 0.187 e. The predicted molar refractivity (Wildman–Crippen MR) is 174 cm³/mol. The van der Waals surface area contributed by atoms with Gasteiger partial charge >= 0.3 is 0 Å². The topological polar surface area (TPSA) is 55.4 Å². The van der Waals surface area contributed by atoms with Crippen LogP contribution >= 0.6 is 0 Å². The van der Waals surface area contributed by atoms with Crippen molar-refractivity contribution in [3.05, 3.63) is 144 Å². The first kappa shape index (κ1) is 32.3. The summed E-state index contributed by atoms with van der Waals surface area (Å²) in [7, 11) is -2.06. The zero-order valence-electron chi connectivity index (χ0n) is 25.9. The molecule has 0 aromatic heterocycles. The molecule has 1 saturated heterocycles. The van der Waals surface area contributed by atoms with Gasteiger partial charge in [0.1, 0.15) is 24.4 Å². The number of rotatable bonds is 15. The van der Waals surface area contributed by atoms with Crippen molar-refractivity contribution >= 4 is 8.32 Å². The van der Waals surface area contributed by atoms with E-state index in [0.29, 0.717) is 33.0 Å². The molecule has 1 fully saturated rings. The molecule has 4 aromatic rings. The molecule has 0 N–H and O–H groups in total. The zero-order valence-corrected chi connectivity index (χ0v) is 26.9. The van der Waals surface area contributed by atoms with E-state index in [4.69, 9.17) is 28.1 Å². The van der Waals surface area contributed by atoms with Crippen LogP contribution in [0.5, 0.6) is 0 Å². The van der Waals surface area contributed by atoms with E-state index in [9.17, 15) is 0 Å². The Morgan fingerprint density at radius 2 is 0.886 bits per heavy atom. The summed E-state index contributed by atoms with van der Waals surface area (Å²) in [5.74, 6) is 0. The smallest absolute Gasteiger partial charge is 0.187 e. The van der Waals surface area contributed by atoms with E-state index in [1.165, 1.54) is 0 Å². The Bertz CT molecular complexity index is 1350. The van der Waals surface area contributed by atoms with E-state index in [1.807, 2.05) is 72.8 Å². The highest BCUT2D eigenvalue weighted by Crippen LogP contribution is 2.33. The van der Waals surface area contributed by atoms with Crippen molar-refractivity contribution in [3.8, 4) is 0 Å². The first-order chi connectivity index (χ1) is 21.4. The molecule has 4 aromatic carbocycles. The van der Waals surface area contributed by atoms with Crippen molar-refractivity contribution in [2.75, 3.05) is 6.61 Å². The highest BCUT2D eigenvalue weighted by atomic mass is 28.4. The van der Waals surface area contributed by atoms with Crippen LogP contribution in [0.15, 0.2) is 121 Å². The summed E-state index contributed by atoms with van der Waals surface area (Å²) in [6.07, 6.45) is -2.58. The summed E-state index contributed by atoms with van der Waals surface area (Å²) in [5, 5.41) is 0. The third-order valence-corrected chi connectivity index (χ3v) is 8.25. The van der Waals surface area contributed by atoms with E-state index in [-0.39, 0.29) is 0 Å². The molecule has 5 atom stereocenters. The lowest BCUT2D eigenvalue weighted by Crippen LogP contribution is -2.63. The van der Waals surface area contributed by atoms with Crippen LogP contribution in [0.4, 0.5) is 0 Å². The maximum atomic E-state index is 6.76. The van der Waals surface area contributed by atoms with Gasteiger partial charge in [0.05, 0.1) is 33.0 Å². The van der Waals surface area contributed by atoms with Crippen molar-refractivity contribution in [2.45, 2.75) is 76.8 Å². The largest absolute Gasteiger partial charge is 0.391 e. The third-order valence-electron chi connectivity index (χ3n) is 7.31. The molecule has 1 heterocycles. The first-order valence-corrected chi connectivity index (χ1v) is 18.8. The minimum Gasteiger partial charge on any atom is -0.391 e. The SMILES string of the molecule is C[Si](C)(C)O[C@H]1O[C@H](COCc2ccccc2)[C@@H](OCc2ccccc2)[C@H](OCc2ccccc2)[C@@H]1OCc1ccccc1. The fourth-order valence-corrected chi connectivity index (χ4v) is 6.08. The molecule has 0 aliphatic carbocycles. The van der Waals surface area contributed by atoms with Gasteiger partial charge in [-0.15, -0.1) is 0 Å². The van der Waals surface area contributed by atoms with Gasteiger partial charge in [-0.2, -0.15) is 0 Å². The highest BCUT2D eigenvalue weighted by Gasteiger charge is 2.50. The van der Waals surface area contributed by atoms with Crippen molar-refractivity contribution < 1.29 is 28.1 Å². The summed E-state index contributed by atoms with van der Waals surface area (Å²) < 4.78 is 39.8. The van der Waals surface area contributed by atoms with Crippen LogP contribution < -0.4 is 0 Å². The zero-order chi connectivity index (χ0) is 30.6. The first-order valence-electron chi connectivity index (χ1n) is 15.4. The van der Waals surface area contributed by atoms with Gasteiger partial charge in [-0.05, 0) is 41.9 Å². The number of benzene rings is 4. The Hall–Kier alpha value is -3.14. The Kier molecular flexibility index (Phi) is 11.9. The number of ether oxygens (including phenoxy) is 5. The quantitative estimate of drug-likeness (QED) is 0.129. The summed E-state index contributed by atoms with van der Waals surface area (Å²) in [6, 6.07) is 40.6. The van der Waals surface area contributed by atoms with Crippen LogP contribution in [-0.4, -0.2) is 45.6 Å². The molecular formula is C37H44O6Si. The van der Waals surface area contributed by atoms with Crippen LogP contribution in [-0.2, 0) is 54.5 Å². The molecule has 0 bridgehead atoms. The molecule has 6 nitrogen and oxygen atoms in total. The molecule has 0 amide bonds. The molecule has 5 rings (SSSR count). The summed E-state index contributed by atoms with van der Waals surface area (Å²) >= 11 is 0. The van der Waals surface area contributed by atoms with Gasteiger partial charge in [0.15, 0.2) is 14.6 Å². The number of hydrogen-bond donors (Lipinski definition) is 0. The molecular weight excluding hydrogens is 568 g/mol. The Morgan fingerprint density at radius 1 is 0.500 bits per heavy atom. The lowest BCUT2D eigenvalue weighted by molar-refractivity contribution is -0.312. The van der Waals surface area contributed by atoms with E-state index >= 15 is 0 Å². The van der Waals surface area contributed by atoms with Gasteiger partial charge in [0.25, 0.3) is 0 Å². The molecule has 44 heavy (non-hydrogen) atoms. The summed E-state index contributed by atoms with van der Waals surface area (Å²) in [5.41, 5.74) is 4.31. The standard InChI is InChI=1S/C37H44O6Si/c1-44(2,3)43-37-36(41-27-32-22-14-7-15-23-32)35(40-26-31-20-12-6-13-21-31)34(39-25-30-18-10-5-11-19-30)33(42-37)28-38-24-29-16-8-4-9-17-29/h4-23,33-37H,24-28H2,1-3H3/t33-,34-,35+,36+,37-/m1/s1. The van der Waals surface area contributed by atoms with E-state index in [2.05, 4.69) is 68.2 Å². The third kappa shape index (κ3) is 9.94. The molecule has 0 saturated carbocycles. The monoisotopic (exact) mass is 612 g/mol. The van der Waals surface area contributed by atoms with E-state index < -0.39 is 39.0 Å². The summed E-state index contributed by atoms with van der Waals surface area (Å²) in [6.45, 7) is 8.45. The van der Waals surface area contributed by atoms with Crippen molar-refractivity contribution in [1.29, 1.82) is 0 Å². The molecule has 0 unspecified atom stereocenters. The number of hydrogen-bond acceptors (Lipinski definition) is 6. The Balaban J connectivity index is 1.44. The summed E-state index contributed by atoms with van der Waals surface area (Å²) in [4.78, 5) is 0. The van der Waals surface area contributed by atoms with Gasteiger partial charge in [0, 0.05) is 0 Å². The van der Waals surface area contributed by atoms with Gasteiger partial charge in [-0.3, -0.25) is 0 Å². The second-order valence-corrected chi connectivity index (χ2v) is 16.5. The lowest BCUT2D eigenvalue weighted by Gasteiger charge is -2.47. The fourth-order valence-electron chi connectivity index (χ4n) is 5.19. The van der Waals surface area contributed by atoms with Crippen LogP contribution in [0.25, 0.3) is 0 Å². The Morgan fingerprint density at radius 3 is 1.32 bits per heavy atom. The Labute approximate surface area is 263 Å². The van der Waals surface area contributed by atoms with Crippen LogP contribution in [0.2, 0.25) is 19.6 Å². The molecule has 7 heteroatoms. The molecule has 1 aliphatic rings. The molecule has 0 spiro atoms. The minimum absolute atomic E-state index is 0.316. The van der Waals surface area contributed by atoms with Crippen LogP contribution in [0, 0.1) is 0 Å². The van der Waals surface area contributed by atoms with Gasteiger partial charge in [-0.25, -0.2) is 0 Å². The van der Waals surface area contributed by atoms with E-state index in [0.717, 1.165) is 22.3 Å². The molecule has 0 radical (unpaired) electrons. The second kappa shape index (κ2) is 16.2. The average Bonchev–Trinajstić information content (AvgIpc) is 3.04. The van der Waals surface area contributed by atoms with Gasteiger partial charge < -0.3 is 28.1 Å². The van der Waals surface area contributed by atoms with Gasteiger partial charge in [0.2, 0.25) is 0 Å². The lowest BCUT2D eigenvalue weighted by atomic mass is 9.98. The molecule has 1 aliphatic heterocycles. The second-order valence-electron chi connectivity index (χ2n) is 12.1. The van der Waals surface area contributed by atoms with Crippen molar-refractivity contribution in [3.63, 3.8) is 0 Å². The average molecular weight is 613 g/mol. The van der Waals surface area contributed by atoms with Crippen molar-refractivity contribution in [2.24, 2.45) is 0 Å². The minimum atomic E-state index is -2.06. The van der Waals surface area contributed by atoms with Crippen LogP contribution in [0.3, 0.4) is 0 Å². The van der Waals surface area contributed by atoms with Gasteiger partial charge in [-0.1, -0.05) is 121 Å². The fraction of sp³-hybridized carbons (Fsp3) is 0.351. The predicted octanol–water partition coefficient (Wildman–Crippen LogP) is 7.54. The maximum absolute atomic E-state index is 6.76. The van der Waals surface area contributed by atoms with Crippen molar-refractivity contribution in [1.82, 2.24) is 0 Å². The van der Waals surface area contributed by atoms with Crippen LogP contribution in [0.1, 0.15) is 22.3 Å². The normalized spacial score (nSPS) is 22.1.